The van der Waals surface area contributed by atoms with Gasteiger partial charge in [-0.2, -0.15) is 0 Å². The van der Waals surface area contributed by atoms with Crippen LogP contribution in [0, 0.1) is 6.92 Å². The number of anilines is 2. The van der Waals surface area contributed by atoms with Gasteiger partial charge in [0.2, 0.25) is 5.91 Å². The molecule has 0 atom stereocenters. The number of piperazine rings is 1. The Bertz CT molecular complexity index is 979. The van der Waals surface area contributed by atoms with Gasteiger partial charge in [-0.25, -0.2) is 14.8 Å². The number of pyridine rings is 2. The minimum absolute atomic E-state index is 0.00363. The van der Waals surface area contributed by atoms with Gasteiger partial charge in [-0.05, 0) is 43.7 Å². The van der Waals surface area contributed by atoms with Crippen LogP contribution in [0.25, 0.3) is 0 Å². The van der Waals surface area contributed by atoms with E-state index in [2.05, 4.69) is 25.9 Å². The molecule has 10 heteroatoms. The molecule has 0 unspecified atom stereocenters. The summed E-state index contributed by atoms with van der Waals surface area (Å²) in [7, 11) is 1.56. The minimum Gasteiger partial charge on any atom is -0.359 e. The average molecular weight is 425 g/mol. The summed E-state index contributed by atoms with van der Waals surface area (Å²) < 4.78 is 0. The molecule has 0 aliphatic carbocycles. The van der Waals surface area contributed by atoms with Gasteiger partial charge in [-0.3, -0.25) is 14.9 Å². The fourth-order valence-corrected chi connectivity index (χ4v) is 3.41. The van der Waals surface area contributed by atoms with Crippen molar-refractivity contribution in [1.82, 2.24) is 25.5 Å². The lowest BCUT2D eigenvalue weighted by Gasteiger charge is -2.36. The van der Waals surface area contributed by atoms with Crippen LogP contribution in [0.4, 0.5) is 16.3 Å². The Balaban J connectivity index is 1.63. The molecular weight excluding hydrogens is 398 g/mol. The van der Waals surface area contributed by atoms with E-state index in [-0.39, 0.29) is 24.4 Å². The van der Waals surface area contributed by atoms with Crippen molar-refractivity contribution in [2.24, 2.45) is 0 Å². The van der Waals surface area contributed by atoms with Crippen molar-refractivity contribution < 1.29 is 14.4 Å². The zero-order chi connectivity index (χ0) is 22.4. The number of hydrogen-bond donors (Lipinski definition) is 3. The zero-order valence-corrected chi connectivity index (χ0v) is 17.9. The van der Waals surface area contributed by atoms with Crippen LogP contribution in [0.1, 0.15) is 28.7 Å². The molecule has 1 saturated heterocycles. The first-order chi connectivity index (χ1) is 14.9. The van der Waals surface area contributed by atoms with Crippen molar-refractivity contribution in [1.29, 1.82) is 0 Å². The van der Waals surface area contributed by atoms with Gasteiger partial charge in [-0.15, -0.1) is 0 Å². The number of hydrogen-bond acceptors (Lipinski definition) is 6. The third-order valence-corrected chi connectivity index (χ3v) is 4.95. The first-order valence-corrected chi connectivity index (χ1v) is 10.1. The highest BCUT2D eigenvalue weighted by Crippen LogP contribution is 2.22. The molecular formula is C21H27N7O3. The lowest BCUT2D eigenvalue weighted by atomic mass is 10.2. The summed E-state index contributed by atoms with van der Waals surface area (Å²) in [6.45, 7) is 6.07. The molecule has 164 valence electrons. The van der Waals surface area contributed by atoms with Crippen LogP contribution < -0.4 is 20.9 Å². The normalized spacial score (nSPS) is 13.7. The van der Waals surface area contributed by atoms with E-state index in [1.807, 2.05) is 30.9 Å². The number of amides is 4. The van der Waals surface area contributed by atoms with Gasteiger partial charge in [-0.1, -0.05) is 0 Å². The van der Waals surface area contributed by atoms with Crippen LogP contribution in [0.2, 0.25) is 0 Å². The highest BCUT2D eigenvalue weighted by Gasteiger charge is 2.25. The van der Waals surface area contributed by atoms with Crippen LogP contribution in [0.3, 0.4) is 0 Å². The molecule has 1 fully saturated rings. The number of rotatable bonds is 6. The zero-order valence-electron chi connectivity index (χ0n) is 17.9. The van der Waals surface area contributed by atoms with Gasteiger partial charge in [0.1, 0.15) is 11.5 Å². The molecule has 0 spiro atoms. The highest BCUT2D eigenvalue weighted by atomic mass is 16.2. The Morgan fingerprint density at radius 2 is 2.00 bits per heavy atom. The molecule has 0 saturated carbocycles. The molecule has 0 bridgehead atoms. The molecule has 3 rings (SSSR count). The smallest absolute Gasteiger partial charge is 0.320 e. The number of aryl methyl sites for hydroxylation is 1. The van der Waals surface area contributed by atoms with E-state index in [1.54, 1.807) is 30.3 Å². The van der Waals surface area contributed by atoms with Crippen LogP contribution in [0.15, 0.2) is 30.5 Å². The van der Waals surface area contributed by atoms with Gasteiger partial charge >= 0.3 is 6.03 Å². The lowest BCUT2D eigenvalue weighted by molar-refractivity contribution is -0.131. The Morgan fingerprint density at radius 3 is 2.68 bits per heavy atom. The van der Waals surface area contributed by atoms with Crippen molar-refractivity contribution in [2.75, 3.05) is 43.4 Å². The maximum atomic E-state index is 12.8. The maximum Gasteiger partial charge on any atom is 0.320 e. The van der Waals surface area contributed by atoms with Crippen molar-refractivity contribution in [2.45, 2.75) is 20.4 Å². The number of aromatic nitrogens is 2. The number of carbonyl (C=O) groups is 3. The standard InChI is InChI=1S/C21H27N7O3/c1-4-23-21(31)26-18-11-15(7-8-24-18)12-28-10-9-27(13-19(28)29)17-6-5-16(20(30)22-3)25-14(17)2/h5-8,11H,4,9-10,12-13H2,1-3H3,(H,22,30)(H2,23,24,26,31). The summed E-state index contributed by atoms with van der Waals surface area (Å²) in [4.78, 5) is 48.5. The molecule has 0 radical (unpaired) electrons. The molecule has 1 aliphatic rings. The molecule has 3 N–H and O–H groups in total. The van der Waals surface area contributed by atoms with E-state index in [0.717, 1.165) is 11.3 Å². The Kier molecular flexibility index (Phi) is 7.01. The largest absolute Gasteiger partial charge is 0.359 e. The fourth-order valence-electron chi connectivity index (χ4n) is 3.41. The van der Waals surface area contributed by atoms with Crippen LogP contribution in [-0.4, -0.2) is 65.9 Å². The van der Waals surface area contributed by atoms with Gasteiger partial charge < -0.3 is 20.4 Å². The molecule has 2 aromatic rings. The Hall–Kier alpha value is -3.69. The number of urea groups is 1. The molecule has 10 nitrogen and oxygen atoms in total. The van der Waals surface area contributed by atoms with Gasteiger partial charge in [0.05, 0.1) is 17.9 Å². The summed E-state index contributed by atoms with van der Waals surface area (Å²) in [5, 5.41) is 7.88. The molecule has 3 heterocycles. The summed E-state index contributed by atoms with van der Waals surface area (Å²) in [5.41, 5.74) is 2.79. The predicted molar refractivity (Wildman–Crippen MR) is 117 cm³/mol. The van der Waals surface area contributed by atoms with E-state index in [9.17, 15) is 14.4 Å². The summed E-state index contributed by atoms with van der Waals surface area (Å²) in [6.07, 6.45) is 1.61. The van der Waals surface area contributed by atoms with E-state index < -0.39 is 0 Å². The van der Waals surface area contributed by atoms with Gasteiger partial charge in [0.15, 0.2) is 0 Å². The monoisotopic (exact) mass is 425 g/mol. The molecule has 4 amide bonds. The van der Waals surface area contributed by atoms with E-state index in [4.69, 9.17) is 0 Å². The third kappa shape index (κ3) is 5.47. The second kappa shape index (κ2) is 9.88. The number of nitrogens with one attached hydrogen (secondary N) is 3. The second-order valence-corrected chi connectivity index (χ2v) is 7.15. The Labute approximate surface area is 181 Å². The minimum atomic E-state index is -0.316. The first-order valence-electron chi connectivity index (χ1n) is 10.1. The third-order valence-electron chi connectivity index (χ3n) is 4.95. The molecule has 31 heavy (non-hydrogen) atoms. The van der Waals surface area contributed by atoms with Crippen LogP contribution >= 0.6 is 0 Å². The van der Waals surface area contributed by atoms with Gasteiger partial charge in [0.25, 0.3) is 5.91 Å². The topological polar surface area (TPSA) is 120 Å². The first kappa shape index (κ1) is 22.0. The number of carbonyl (C=O) groups excluding carboxylic acids is 3. The predicted octanol–water partition coefficient (Wildman–Crippen LogP) is 1.13. The Morgan fingerprint density at radius 1 is 1.19 bits per heavy atom. The van der Waals surface area contributed by atoms with E-state index in [0.29, 0.717) is 43.4 Å². The molecule has 1 aliphatic heterocycles. The number of nitrogens with zero attached hydrogens (tertiary/aromatic N) is 4. The SMILES string of the molecule is CCNC(=O)Nc1cc(CN2CCN(c3ccc(C(=O)NC)nc3C)CC2=O)ccn1. The lowest BCUT2D eigenvalue weighted by Crippen LogP contribution is -2.50. The second-order valence-electron chi connectivity index (χ2n) is 7.15. The van der Waals surface area contributed by atoms with Crippen LogP contribution in [-0.2, 0) is 11.3 Å². The highest BCUT2D eigenvalue weighted by molar-refractivity contribution is 5.92. The fraction of sp³-hybridized carbons (Fsp3) is 0.381. The maximum absolute atomic E-state index is 12.8. The van der Waals surface area contributed by atoms with Crippen LogP contribution in [0.5, 0.6) is 0 Å². The molecule has 0 aromatic carbocycles. The summed E-state index contributed by atoms with van der Waals surface area (Å²) >= 11 is 0. The summed E-state index contributed by atoms with van der Waals surface area (Å²) in [6, 6.07) is 6.77. The van der Waals surface area contributed by atoms with E-state index in [1.165, 1.54) is 0 Å². The average Bonchev–Trinajstić information content (AvgIpc) is 2.75. The van der Waals surface area contributed by atoms with Crippen molar-refractivity contribution in [3.63, 3.8) is 0 Å². The quantitative estimate of drug-likeness (QED) is 0.638. The van der Waals surface area contributed by atoms with Crippen molar-refractivity contribution in [3.05, 3.63) is 47.4 Å². The van der Waals surface area contributed by atoms with Crippen molar-refractivity contribution >= 4 is 29.4 Å². The van der Waals surface area contributed by atoms with Gasteiger partial charge in [0, 0.05) is 39.4 Å². The van der Waals surface area contributed by atoms with E-state index >= 15 is 0 Å². The molecule has 2 aromatic heterocycles. The summed E-state index contributed by atoms with van der Waals surface area (Å²) in [5.74, 6) is 0.192. The van der Waals surface area contributed by atoms with Crippen molar-refractivity contribution in [3.8, 4) is 0 Å².